The van der Waals surface area contributed by atoms with Gasteiger partial charge in [0.15, 0.2) is 5.82 Å². The molecule has 26 heavy (non-hydrogen) atoms. The van der Waals surface area contributed by atoms with Gasteiger partial charge in [-0.25, -0.2) is 0 Å². The van der Waals surface area contributed by atoms with Gasteiger partial charge in [0, 0.05) is 30.5 Å². The second-order valence-electron chi connectivity index (χ2n) is 6.31. The fourth-order valence-electron chi connectivity index (χ4n) is 3.48. The van der Waals surface area contributed by atoms with Crippen LogP contribution < -0.4 is 0 Å². The number of amides is 1. The molecular weight excluding hydrogens is 328 g/mol. The second kappa shape index (κ2) is 6.81. The van der Waals surface area contributed by atoms with Crippen molar-refractivity contribution in [3.63, 3.8) is 0 Å². The molecular formula is C20H16N4O2. The molecule has 6 heteroatoms. The number of benzene rings is 2. The molecule has 2 aromatic carbocycles. The van der Waals surface area contributed by atoms with Crippen LogP contribution in [0.4, 0.5) is 0 Å². The fraction of sp³-hybridized carbons (Fsp3) is 0.200. The topological polar surface area (TPSA) is 83.0 Å². The molecule has 6 nitrogen and oxygen atoms in total. The maximum absolute atomic E-state index is 12.9. The maximum atomic E-state index is 12.9. The number of carbonyl (C=O) groups excluding carboxylic acids is 1. The van der Waals surface area contributed by atoms with Gasteiger partial charge in [-0.3, -0.25) is 4.79 Å². The minimum Gasteiger partial charge on any atom is -0.343 e. The van der Waals surface area contributed by atoms with Gasteiger partial charge in [-0.2, -0.15) is 10.2 Å². The SMILES string of the molecule is N#Cc1ccc(C(=O)N2C[C@H](c3ccccc3)[C@H](c3ncon3)C2)cc1. The number of aromatic nitrogens is 2. The number of likely N-dealkylation sites (tertiary alicyclic amines) is 1. The van der Waals surface area contributed by atoms with Crippen molar-refractivity contribution in [1.29, 1.82) is 5.26 Å². The Balaban J connectivity index is 1.62. The van der Waals surface area contributed by atoms with E-state index in [-0.39, 0.29) is 17.7 Å². The minimum atomic E-state index is -0.0542. The van der Waals surface area contributed by atoms with Crippen LogP contribution in [-0.4, -0.2) is 34.0 Å². The quantitative estimate of drug-likeness (QED) is 0.729. The van der Waals surface area contributed by atoms with Crippen molar-refractivity contribution in [2.45, 2.75) is 11.8 Å². The van der Waals surface area contributed by atoms with Crippen LogP contribution >= 0.6 is 0 Å². The lowest BCUT2D eigenvalue weighted by Crippen LogP contribution is -2.28. The fourth-order valence-corrected chi connectivity index (χ4v) is 3.48. The first-order valence-corrected chi connectivity index (χ1v) is 8.37. The smallest absolute Gasteiger partial charge is 0.253 e. The summed E-state index contributed by atoms with van der Waals surface area (Å²) in [6, 6.07) is 18.9. The Hall–Kier alpha value is -3.46. The molecule has 1 aromatic heterocycles. The molecule has 0 aliphatic carbocycles. The Labute approximate surface area is 150 Å². The summed E-state index contributed by atoms with van der Waals surface area (Å²) in [4.78, 5) is 18.9. The van der Waals surface area contributed by atoms with Gasteiger partial charge in [-0.15, -0.1) is 0 Å². The molecule has 1 fully saturated rings. The van der Waals surface area contributed by atoms with Gasteiger partial charge < -0.3 is 9.42 Å². The Bertz CT molecular complexity index is 930. The molecule has 1 aliphatic rings. The number of hydrogen-bond donors (Lipinski definition) is 0. The van der Waals surface area contributed by atoms with Gasteiger partial charge in [0.2, 0.25) is 6.39 Å². The summed E-state index contributed by atoms with van der Waals surface area (Å²) >= 11 is 0. The Morgan fingerprint density at radius 3 is 2.46 bits per heavy atom. The van der Waals surface area contributed by atoms with E-state index in [1.165, 1.54) is 6.39 Å². The summed E-state index contributed by atoms with van der Waals surface area (Å²) in [5, 5.41) is 12.9. The maximum Gasteiger partial charge on any atom is 0.253 e. The third-order valence-electron chi connectivity index (χ3n) is 4.81. The van der Waals surface area contributed by atoms with Gasteiger partial charge in [0.1, 0.15) is 0 Å². The lowest BCUT2D eigenvalue weighted by molar-refractivity contribution is 0.0789. The normalized spacial score (nSPS) is 19.3. The highest BCUT2D eigenvalue weighted by Crippen LogP contribution is 2.38. The van der Waals surface area contributed by atoms with Crippen molar-refractivity contribution in [1.82, 2.24) is 15.0 Å². The van der Waals surface area contributed by atoms with Crippen molar-refractivity contribution in [3.05, 3.63) is 83.5 Å². The number of hydrogen-bond acceptors (Lipinski definition) is 5. The van der Waals surface area contributed by atoms with E-state index in [4.69, 9.17) is 9.78 Å². The van der Waals surface area contributed by atoms with E-state index < -0.39 is 0 Å². The van der Waals surface area contributed by atoms with Crippen LogP contribution in [0.25, 0.3) is 0 Å². The van der Waals surface area contributed by atoms with Crippen LogP contribution in [0, 0.1) is 11.3 Å². The third kappa shape index (κ3) is 2.95. The predicted molar refractivity (Wildman–Crippen MR) is 93.3 cm³/mol. The molecule has 4 rings (SSSR count). The van der Waals surface area contributed by atoms with Crippen LogP contribution in [0.5, 0.6) is 0 Å². The van der Waals surface area contributed by atoms with Gasteiger partial charge >= 0.3 is 0 Å². The summed E-state index contributed by atoms with van der Waals surface area (Å²) in [6.07, 6.45) is 1.32. The Kier molecular flexibility index (Phi) is 4.20. The minimum absolute atomic E-state index is 0.0153. The zero-order valence-electron chi connectivity index (χ0n) is 13.9. The van der Waals surface area contributed by atoms with E-state index in [0.29, 0.717) is 30.0 Å². The molecule has 128 valence electrons. The highest BCUT2D eigenvalue weighted by molar-refractivity contribution is 5.94. The highest BCUT2D eigenvalue weighted by Gasteiger charge is 2.39. The molecule has 0 radical (unpaired) electrons. The molecule has 2 atom stereocenters. The monoisotopic (exact) mass is 344 g/mol. The number of nitriles is 1. The number of carbonyl (C=O) groups is 1. The molecule has 0 N–H and O–H groups in total. The molecule has 1 aliphatic heterocycles. The molecule has 1 saturated heterocycles. The first-order chi connectivity index (χ1) is 12.8. The average molecular weight is 344 g/mol. The van der Waals surface area contributed by atoms with Crippen LogP contribution in [0.2, 0.25) is 0 Å². The molecule has 3 aromatic rings. The zero-order valence-corrected chi connectivity index (χ0v) is 13.9. The molecule has 0 spiro atoms. The highest BCUT2D eigenvalue weighted by atomic mass is 16.5. The van der Waals surface area contributed by atoms with Crippen LogP contribution in [0.1, 0.15) is 39.1 Å². The van der Waals surface area contributed by atoms with Gasteiger partial charge in [-0.1, -0.05) is 35.5 Å². The van der Waals surface area contributed by atoms with Gasteiger partial charge in [0.25, 0.3) is 5.91 Å². The summed E-state index contributed by atoms with van der Waals surface area (Å²) < 4.78 is 4.92. The van der Waals surface area contributed by atoms with Crippen molar-refractivity contribution < 1.29 is 9.32 Å². The van der Waals surface area contributed by atoms with Crippen molar-refractivity contribution in [3.8, 4) is 6.07 Å². The van der Waals surface area contributed by atoms with E-state index in [1.54, 1.807) is 24.3 Å². The van der Waals surface area contributed by atoms with Gasteiger partial charge in [-0.05, 0) is 29.8 Å². The largest absolute Gasteiger partial charge is 0.343 e. The second-order valence-corrected chi connectivity index (χ2v) is 6.31. The third-order valence-corrected chi connectivity index (χ3v) is 4.81. The summed E-state index contributed by atoms with van der Waals surface area (Å²) in [5.41, 5.74) is 2.26. The van der Waals surface area contributed by atoms with Crippen molar-refractivity contribution in [2.24, 2.45) is 0 Å². The van der Waals surface area contributed by atoms with E-state index in [1.807, 2.05) is 23.1 Å². The first-order valence-electron chi connectivity index (χ1n) is 8.37. The van der Waals surface area contributed by atoms with E-state index >= 15 is 0 Å². The average Bonchev–Trinajstić information content (AvgIpc) is 3.38. The van der Waals surface area contributed by atoms with Crippen LogP contribution in [-0.2, 0) is 0 Å². The summed E-state index contributed by atoms with van der Waals surface area (Å²) in [5.74, 6) is 0.657. The molecule has 1 amide bonds. The van der Waals surface area contributed by atoms with Crippen molar-refractivity contribution >= 4 is 5.91 Å². The lowest BCUT2D eigenvalue weighted by atomic mass is 9.88. The zero-order chi connectivity index (χ0) is 17.9. The Morgan fingerprint density at radius 1 is 1.08 bits per heavy atom. The van der Waals surface area contributed by atoms with Gasteiger partial charge in [0.05, 0.1) is 11.6 Å². The van der Waals surface area contributed by atoms with Crippen molar-refractivity contribution in [2.75, 3.05) is 13.1 Å². The lowest BCUT2D eigenvalue weighted by Gasteiger charge is -2.16. The molecule has 0 saturated carbocycles. The molecule has 0 bridgehead atoms. The predicted octanol–water partition coefficient (Wildman–Crippen LogP) is 2.96. The van der Waals surface area contributed by atoms with Crippen LogP contribution in [0.3, 0.4) is 0 Å². The van der Waals surface area contributed by atoms with E-state index in [2.05, 4.69) is 28.3 Å². The summed E-state index contributed by atoms with van der Waals surface area (Å²) in [6.45, 7) is 1.11. The van der Waals surface area contributed by atoms with E-state index in [9.17, 15) is 4.79 Å². The first kappa shape index (κ1) is 16.0. The molecule has 2 heterocycles. The number of nitrogens with zero attached hydrogens (tertiary/aromatic N) is 4. The molecule has 0 unspecified atom stereocenters. The number of rotatable bonds is 3. The standard InChI is InChI=1S/C20H16N4O2/c21-10-14-6-8-16(9-7-14)20(25)24-11-17(15-4-2-1-3-5-15)18(12-24)19-22-13-26-23-19/h1-9,13,17-18H,11-12H2/t17-,18-/m1/s1. The van der Waals surface area contributed by atoms with Crippen LogP contribution in [0.15, 0.2) is 65.5 Å². The summed E-state index contributed by atoms with van der Waals surface area (Å²) in [7, 11) is 0. The van der Waals surface area contributed by atoms with E-state index in [0.717, 1.165) is 5.56 Å². The Morgan fingerprint density at radius 2 is 1.81 bits per heavy atom.